The maximum Gasteiger partial charge on any atom is 0.405 e. The lowest BCUT2D eigenvalue weighted by atomic mass is 9.70. The lowest BCUT2D eigenvalue weighted by Gasteiger charge is -2.36. The van der Waals surface area contributed by atoms with Crippen LogP contribution >= 0.6 is 0 Å². The lowest BCUT2D eigenvalue weighted by molar-refractivity contribution is -0.138. The first kappa shape index (κ1) is 22.6. The van der Waals surface area contributed by atoms with Crippen molar-refractivity contribution >= 4 is 27.4 Å². The number of ketones is 1. The molecule has 2 unspecified atom stereocenters. The van der Waals surface area contributed by atoms with E-state index in [0.29, 0.717) is 18.4 Å². The number of carbonyl (C=O) groups is 2. The highest BCUT2D eigenvalue weighted by molar-refractivity contribution is 7.92. The van der Waals surface area contributed by atoms with Gasteiger partial charge in [0.1, 0.15) is 12.3 Å². The summed E-state index contributed by atoms with van der Waals surface area (Å²) in [5.74, 6) is -0.834. The standard InChI is InChI=1S/C20H25F3N2O4S/c1-18(2)14-7-8-19(18,16(26)10-14)12-30(28,29)25-15-5-3-13(4-6-15)9-17(27)24-11-20(21,22)23/h3-6,14,25H,7-12H2,1-2H3,(H,24,27). The summed E-state index contributed by atoms with van der Waals surface area (Å²) in [5.41, 5.74) is -0.530. The first-order chi connectivity index (χ1) is 13.7. The Morgan fingerprint density at radius 1 is 1.20 bits per heavy atom. The third-order valence-corrected chi connectivity index (χ3v) is 8.07. The van der Waals surface area contributed by atoms with E-state index >= 15 is 0 Å². The second-order valence-corrected chi connectivity index (χ2v) is 10.5. The average Bonchev–Trinajstić information content (AvgIpc) is 2.94. The molecule has 6 nitrogen and oxygen atoms in total. The van der Waals surface area contributed by atoms with Gasteiger partial charge in [0.2, 0.25) is 15.9 Å². The molecular formula is C20H25F3N2O4S. The van der Waals surface area contributed by atoms with Gasteiger partial charge in [0.25, 0.3) is 0 Å². The fraction of sp³-hybridized carbons (Fsp3) is 0.600. The van der Waals surface area contributed by atoms with Crippen LogP contribution in [0.15, 0.2) is 24.3 Å². The quantitative estimate of drug-likeness (QED) is 0.674. The molecular weight excluding hydrogens is 421 g/mol. The summed E-state index contributed by atoms with van der Waals surface area (Å²) < 4.78 is 64.4. The highest BCUT2D eigenvalue weighted by atomic mass is 32.2. The fourth-order valence-corrected chi connectivity index (χ4v) is 6.68. The number of alkyl halides is 3. The predicted octanol–water partition coefficient (Wildman–Crippen LogP) is 3.04. The smallest absolute Gasteiger partial charge is 0.347 e. The normalized spacial score (nSPS) is 25.4. The molecule has 2 bridgehead atoms. The van der Waals surface area contributed by atoms with Crippen molar-refractivity contribution in [3.8, 4) is 0 Å². The van der Waals surface area contributed by atoms with Crippen molar-refractivity contribution in [2.24, 2.45) is 16.7 Å². The van der Waals surface area contributed by atoms with Crippen LogP contribution in [0, 0.1) is 16.7 Å². The molecule has 166 valence electrons. The minimum atomic E-state index is -4.48. The monoisotopic (exact) mass is 446 g/mol. The second-order valence-electron chi connectivity index (χ2n) is 8.79. The number of amides is 1. The molecule has 0 spiro atoms. The largest absolute Gasteiger partial charge is 0.405 e. The van der Waals surface area contributed by atoms with E-state index in [-0.39, 0.29) is 35.0 Å². The Kier molecular flexibility index (Phi) is 5.68. The molecule has 30 heavy (non-hydrogen) atoms. The van der Waals surface area contributed by atoms with Gasteiger partial charge in [-0.2, -0.15) is 13.2 Å². The van der Waals surface area contributed by atoms with Crippen LogP contribution < -0.4 is 10.0 Å². The average molecular weight is 446 g/mol. The summed E-state index contributed by atoms with van der Waals surface area (Å²) in [6.45, 7) is 2.52. The minimum absolute atomic E-state index is 0.00865. The maximum atomic E-state index is 12.8. The Hall–Kier alpha value is -2.10. The lowest BCUT2D eigenvalue weighted by Crippen LogP contribution is -2.43. The summed E-state index contributed by atoms with van der Waals surface area (Å²) in [6.07, 6.45) is -2.90. The summed E-state index contributed by atoms with van der Waals surface area (Å²) in [7, 11) is -3.80. The Morgan fingerprint density at radius 3 is 2.33 bits per heavy atom. The molecule has 0 saturated heterocycles. The zero-order valence-electron chi connectivity index (χ0n) is 16.8. The summed E-state index contributed by atoms with van der Waals surface area (Å²) in [6, 6.07) is 5.83. The fourth-order valence-electron chi connectivity index (χ4n) is 4.79. The number of benzene rings is 1. The van der Waals surface area contributed by atoms with Crippen molar-refractivity contribution in [3.63, 3.8) is 0 Å². The number of anilines is 1. The van der Waals surface area contributed by atoms with Gasteiger partial charge in [-0.3, -0.25) is 14.3 Å². The summed E-state index contributed by atoms with van der Waals surface area (Å²) in [4.78, 5) is 24.1. The van der Waals surface area contributed by atoms with Crippen LogP contribution in [0.2, 0.25) is 0 Å². The molecule has 1 amide bonds. The molecule has 0 aliphatic heterocycles. The maximum absolute atomic E-state index is 12.8. The molecule has 2 atom stereocenters. The third kappa shape index (κ3) is 4.48. The molecule has 0 aromatic heterocycles. The number of halogens is 3. The number of rotatable bonds is 7. The van der Waals surface area contributed by atoms with Gasteiger partial charge in [-0.05, 0) is 41.9 Å². The van der Waals surface area contributed by atoms with E-state index in [1.54, 1.807) is 5.32 Å². The zero-order chi connectivity index (χ0) is 22.4. The van der Waals surface area contributed by atoms with Crippen molar-refractivity contribution in [2.75, 3.05) is 17.0 Å². The highest BCUT2D eigenvalue weighted by Gasteiger charge is 2.65. The van der Waals surface area contributed by atoms with Crippen LogP contribution in [0.5, 0.6) is 0 Å². The number of nitrogens with one attached hydrogen (secondary N) is 2. The van der Waals surface area contributed by atoms with E-state index in [2.05, 4.69) is 4.72 Å². The molecule has 1 aromatic carbocycles. The van der Waals surface area contributed by atoms with Crippen LogP contribution in [0.25, 0.3) is 0 Å². The summed E-state index contributed by atoms with van der Waals surface area (Å²) >= 11 is 0. The van der Waals surface area contributed by atoms with Gasteiger partial charge < -0.3 is 5.32 Å². The SMILES string of the molecule is CC1(C)C2CCC1(CS(=O)(=O)Nc1ccc(CC(=O)NCC(F)(F)F)cc1)C(=O)C2. The first-order valence-electron chi connectivity index (χ1n) is 9.70. The van der Waals surface area contributed by atoms with Gasteiger partial charge >= 0.3 is 6.18 Å². The Balaban J connectivity index is 1.62. The molecule has 0 heterocycles. The Bertz CT molecular complexity index is 942. The van der Waals surface area contributed by atoms with E-state index < -0.39 is 34.1 Å². The van der Waals surface area contributed by atoms with Crippen LogP contribution in [0.3, 0.4) is 0 Å². The Morgan fingerprint density at radius 2 is 1.83 bits per heavy atom. The van der Waals surface area contributed by atoms with Gasteiger partial charge in [-0.25, -0.2) is 8.42 Å². The molecule has 1 aromatic rings. The van der Waals surface area contributed by atoms with E-state index in [9.17, 15) is 31.2 Å². The van der Waals surface area contributed by atoms with E-state index in [0.717, 1.165) is 6.42 Å². The molecule has 2 fully saturated rings. The number of hydrogen-bond acceptors (Lipinski definition) is 4. The van der Waals surface area contributed by atoms with Crippen LogP contribution in [0.4, 0.5) is 18.9 Å². The third-order valence-electron chi connectivity index (χ3n) is 6.65. The van der Waals surface area contributed by atoms with Crippen molar-refractivity contribution in [2.45, 2.75) is 45.7 Å². The molecule has 0 radical (unpaired) electrons. The second kappa shape index (κ2) is 7.55. The number of Topliss-reactive ketones (excluding diaryl/α,β-unsaturated/α-hetero) is 1. The van der Waals surface area contributed by atoms with Gasteiger partial charge in [0.05, 0.1) is 17.6 Å². The molecule has 10 heteroatoms. The van der Waals surface area contributed by atoms with E-state index in [1.807, 2.05) is 13.8 Å². The van der Waals surface area contributed by atoms with Gasteiger partial charge in [-0.1, -0.05) is 26.0 Å². The molecule has 2 aliphatic carbocycles. The molecule has 2 N–H and O–H groups in total. The zero-order valence-corrected chi connectivity index (χ0v) is 17.6. The van der Waals surface area contributed by atoms with Gasteiger partial charge in [-0.15, -0.1) is 0 Å². The van der Waals surface area contributed by atoms with Crippen molar-refractivity contribution in [3.05, 3.63) is 29.8 Å². The molecule has 2 saturated carbocycles. The van der Waals surface area contributed by atoms with Crippen LogP contribution in [-0.2, 0) is 26.0 Å². The van der Waals surface area contributed by atoms with Crippen LogP contribution in [-0.4, -0.2) is 38.6 Å². The number of hydrogen-bond donors (Lipinski definition) is 2. The first-order valence-corrected chi connectivity index (χ1v) is 11.4. The van der Waals surface area contributed by atoms with E-state index in [4.69, 9.17) is 0 Å². The van der Waals surface area contributed by atoms with Crippen molar-refractivity contribution in [1.82, 2.24) is 5.32 Å². The Labute approximate surface area is 173 Å². The van der Waals surface area contributed by atoms with Crippen molar-refractivity contribution in [1.29, 1.82) is 0 Å². The van der Waals surface area contributed by atoms with Gasteiger partial charge in [0.15, 0.2) is 0 Å². The van der Waals surface area contributed by atoms with Crippen molar-refractivity contribution < 1.29 is 31.2 Å². The minimum Gasteiger partial charge on any atom is -0.347 e. The topological polar surface area (TPSA) is 92.3 Å². The number of sulfonamides is 1. The molecule has 3 rings (SSSR count). The molecule has 2 aliphatic rings. The number of carbonyl (C=O) groups excluding carboxylic acids is 2. The predicted molar refractivity (Wildman–Crippen MR) is 105 cm³/mol. The van der Waals surface area contributed by atoms with Crippen LogP contribution in [0.1, 0.15) is 38.7 Å². The highest BCUT2D eigenvalue weighted by Crippen LogP contribution is 2.64. The summed E-state index contributed by atoms with van der Waals surface area (Å²) in [5, 5.41) is 1.78. The van der Waals surface area contributed by atoms with E-state index in [1.165, 1.54) is 24.3 Å². The van der Waals surface area contributed by atoms with Gasteiger partial charge in [0, 0.05) is 12.1 Å². The number of fused-ring (bicyclic) bond motifs is 2.